The molecule has 358 valence electrons. The van der Waals surface area contributed by atoms with Crippen molar-refractivity contribution in [3.05, 3.63) is 36.0 Å². The fraction of sp³-hybridized carbons (Fsp3) is 0.525. The van der Waals surface area contributed by atoms with Crippen molar-refractivity contribution in [1.29, 1.82) is 0 Å². The molecule has 1 heterocycles. The van der Waals surface area contributed by atoms with Crippen molar-refractivity contribution >= 4 is 76.1 Å². The van der Waals surface area contributed by atoms with Crippen LogP contribution in [0.25, 0.3) is 10.9 Å². The molecule has 0 fully saturated rings. The first-order valence-electron chi connectivity index (χ1n) is 20.7. The number of H-pyrrole nitrogens is 1. The molecule has 2 rings (SSSR count). The smallest absolute Gasteiger partial charge is 0.326 e. The summed E-state index contributed by atoms with van der Waals surface area (Å²) in [4.78, 5) is 135. The molecule has 7 amide bonds. The van der Waals surface area contributed by atoms with Gasteiger partial charge in [0.1, 0.15) is 36.3 Å². The molecule has 0 unspecified atom stereocenters. The molecule has 25 heteroatoms. The lowest BCUT2D eigenvalue weighted by Crippen LogP contribution is -2.60. The number of carbonyl (C=O) groups excluding carboxylic acids is 7. The van der Waals surface area contributed by atoms with Crippen LogP contribution < -0.4 is 54.8 Å². The van der Waals surface area contributed by atoms with Crippen molar-refractivity contribution < 1.29 is 63.3 Å². The third-order valence-corrected chi connectivity index (χ3v) is 10.2. The van der Waals surface area contributed by atoms with Crippen LogP contribution in [0, 0.1) is 5.92 Å². The molecule has 0 aliphatic heterocycles. The largest absolute Gasteiger partial charge is 0.481 e. The maximum absolute atomic E-state index is 14.3. The Morgan fingerprint density at radius 3 is 1.72 bits per heavy atom. The van der Waals surface area contributed by atoms with Gasteiger partial charge in [-0.25, -0.2) is 4.79 Å². The Morgan fingerprint density at radius 1 is 0.662 bits per heavy atom. The van der Waals surface area contributed by atoms with Gasteiger partial charge in [0, 0.05) is 42.9 Å². The van der Waals surface area contributed by atoms with E-state index in [0.29, 0.717) is 22.9 Å². The highest BCUT2D eigenvalue weighted by molar-refractivity contribution is 5.98. The number of aromatic nitrogens is 1. The lowest BCUT2D eigenvalue weighted by Gasteiger charge is -2.27. The van der Waals surface area contributed by atoms with E-state index in [1.165, 1.54) is 6.92 Å². The molecule has 0 spiro atoms. The summed E-state index contributed by atoms with van der Waals surface area (Å²) in [6.45, 7) is 5.02. The van der Waals surface area contributed by atoms with Gasteiger partial charge < -0.3 is 75.1 Å². The summed E-state index contributed by atoms with van der Waals surface area (Å²) >= 11 is 0. The van der Waals surface area contributed by atoms with E-state index in [1.807, 2.05) is 12.2 Å². The molecule has 0 aliphatic carbocycles. The number of aliphatic carboxylic acids is 3. The Bertz CT molecular complexity index is 2070. The van der Waals surface area contributed by atoms with Crippen LogP contribution in [0.4, 0.5) is 0 Å². The maximum Gasteiger partial charge on any atom is 0.326 e. The summed E-state index contributed by atoms with van der Waals surface area (Å²) in [5.74, 6) is -11.8. The molecule has 0 saturated heterocycles. The monoisotopic (exact) mass is 916 g/mol. The number of amides is 7. The van der Waals surface area contributed by atoms with Gasteiger partial charge >= 0.3 is 17.9 Å². The number of guanidine groups is 1. The number of para-hydroxylation sites is 1. The molecule has 0 bridgehead atoms. The van der Waals surface area contributed by atoms with E-state index in [9.17, 15) is 58.2 Å². The second kappa shape index (κ2) is 26.3. The molecule has 25 nitrogen and oxygen atoms in total. The number of nitrogens with two attached hydrogens (primary N) is 4. The number of hydrogen-bond acceptors (Lipinski definition) is 12. The van der Waals surface area contributed by atoms with Crippen LogP contribution >= 0.6 is 0 Å². The predicted octanol–water partition coefficient (Wildman–Crippen LogP) is -3.24. The lowest BCUT2D eigenvalue weighted by molar-refractivity contribution is -0.147. The van der Waals surface area contributed by atoms with E-state index < -0.39 is 134 Å². The van der Waals surface area contributed by atoms with Crippen molar-refractivity contribution in [3.8, 4) is 0 Å². The summed E-state index contributed by atoms with van der Waals surface area (Å²) in [7, 11) is 0. The first-order chi connectivity index (χ1) is 30.5. The van der Waals surface area contributed by atoms with Crippen molar-refractivity contribution in [2.24, 2.45) is 33.8 Å². The van der Waals surface area contributed by atoms with Gasteiger partial charge in [0.25, 0.3) is 0 Å². The van der Waals surface area contributed by atoms with Crippen LogP contribution in [0.15, 0.2) is 35.5 Å². The van der Waals surface area contributed by atoms with Gasteiger partial charge in [0.2, 0.25) is 41.4 Å². The Kier molecular flexibility index (Phi) is 21.8. The second-order valence-electron chi connectivity index (χ2n) is 15.3. The standard InChI is InChI=1S/C40H60N12O13/c1-4-19(2)32(42)38(63)47-20(3)33(58)48-24(10-7-15-45-40(43)44)34(59)51-27(16-21-18-46-23-9-6-5-8-22(21)23)37(62)50-26(12-14-30(54)55)35(60)49-25(11-13-29(41)53)36(61)52-28(39(64)65)17-31(56)57/h5-6,8-9,18-20,24-28,32,46H,4,7,10-17,42H2,1-3H3,(H2,41,53)(H,47,63)(H,48,58)(H,49,60)(H,50,62)(H,51,59)(H,52,61)(H,54,55)(H,56,57)(H,64,65)(H4,43,44,45)/t19-,20-,24-,25-,26-,27-,28-,32-/m0/s1. The fourth-order valence-corrected chi connectivity index (χ4v) is 6.24. The van der Waals surface area contributed by atoms with Gasteiger partial charge in [0.15, 0.2) is 5.96 Å². The maximum atomic E-state index is 14.3. The van der Waals surface area contributed by atoms with Crippen molar-refractivity contribution in [3.63, 3.8) is 0 Å². The number of primary amides is 1. The zero-order valence-electron chi connectivity index (χ0n) is 36.3. The van der Waals surface area contributed by atoms with Crippen LogP contribution in [0.1, 0.15) is 77.7 Å². The highest BCUT2D eigenvalue weighted by atomic mass is 16.4. The number of carboxylic acids is 3. The SMILES string of the molecule is CC[C@H](C)[C@H](N)C(=O)N[C@@H](C)C(=O)N[C@@H](CCCN=C(N)N)C(=O)N[C@@H](Cc1c[nH]c2ccccc12)C(=O)N[C@@H](CCC(=O)O)C(=O)N[C@@H](CCC(N)=O)C(=O)N[C@@H](CC(=O)O)C(=O)O. The van der Waals surface area contributed by atoms with Crippen LogP contribution in [-0.4, -0.2) is 134 Å². The third-order valence-electron chi connectivity index (χ3n) is 10.2. The molecular weight excluding hydrogens is 857 g/mol. The van der Waals surface area contributed by atoms with E-state index in [-0.39, 0.29) is 37.7 Å². The van der Waals surface area contributed by atoms with Gasteiger partial charge in [-0.3, -0.25) is 48.1 Å². The number of fused-ring (bicyclic) bond motifs is 1. The number of nitrogens with one attached hydrogen (secondary N) is 7. The van der Waals surface area contributed by atoms with Crippen molar-refractivity contribution in [1.82, 2.24) is 36.9 Å². The van der Waals surface area contributed by atoms with E-state index in [0.717, 1.165) is 0 Å². The summed E-state index contributed by atoms with van der Waals surface area (Å²) in [5.41, 5.74) is 23.3. The quantitative estimate of drug-likeness (QED) is 0.0217. The number of aromatic amines is 1. The molecule has 65 heavy (non-hydrogen) atoms. The molecule has 2 aromatic rings. The molecule has 0 radical (unpaired) electrons. The zero-order chi connectivity index (χ0) is 49.0. The average Bonchev–Trinajstić information content (AvgIpc) is 3.65. The van der Waals surface area contributed by atoms with Crippen molar-refractivity contribution in [2.45, 2.75) is 121 Å². The van der Waals surface area contributed by atoms with Gasteiger partial charge in [-0.15, -0.1) is 0 Å². The average molecular weight is 917 g/mol. The van der Waals surface area contributed by atoms with Gasteiger partial charge in [-0.1, -0.05) is 38.5 Å². The number of hydrogen-bond donors (Lipinski definition) is 14. The van der Waals surface area contributed by atoms with Crippen molar-refractivity contribution in [2.75, 3.05) is 6.54 Å². The number of nitrogens with zero attached hydrogens (tertiary/aromatic N) is 1. The Hall–Kier alpha value is -7.31. The van der Waals surface area contributed by atoms with E-state index in [1.54, 1.807) is 37.4 Å². The summed E-state index contributed by atoms with van der Waals surface area (Å²) in [6, 6.07) is -3.50. The van der Waals surface area contributed by atoms with Crippen LogP contribution in [-0.2, 0) is 54.4 Å². The van der Waals surface area contributed by atoms with Crippen LogP contribution in [0.2, 0.25) is 0 Å². The Labute approximate surface area is 373 Å². The number of aliphatic imine (C=N–C) groups is 1. The van der Waals surface area contributed by atoms with Gasteiger partial charge in [-0.2, -0.15) is 0 Å². The minimum Gasteiger partial charge on any atom is -0.481 e. The number of rotatable bonds is 29. The Morgan fingerprint density at radius 2 is 1.18 bits per heavy atom. The fourth-order valence-electron chi connectivity index (χ4n) is 6.24. The molecular formula is C40H60N12O13. The highest BCUT2D eigenvalue weighted by Gasteiger charge is 2.34. The molecule has 18 N–H and O–H groups in total. The van der Waals surface area contributed by atoms with E-state index in [2.05, 4.69) is 36.6 Å². The van der Waals surface area contributed by atoms with Crippen LogP contribution in [0.3, 0.4) is 0 Å². The van der Waals surface area contributed by atoms with Gasteiger partial charge in [0.05, 0.1) is 12.5 Å². The summed E-state index contributed by atoms with van der Waals surface area (Å²) in [6.07, 6.45) is -1.43. The number of benzene rings is 1. The van der Waals surface area contributed by atoms with E-state index in [4.69, 9.17) is 28.0 Å². The zero-order valence-corrected chi connectivity index (χ0v) is 36.3. The third kappa shape index (κ3) is 18.5. The first-order valence-corrected chi connectivity index (χ1v) is 20.7. The minimum absolute atomic E-state index is 0.0344. The first kappa shape index (κ1) is 53.8. The summed E-state index contributed by atoms with van der Waals surface area (Å²) in [5, 5.41) is 43.1. The minimum atomic E-state index is -1.96. The summed E-state index contributed by atoms with van der Waals surface area (Å²) < 4.78 is 0. The molecule has 8 atom stereocenters. The predicted molar refractivity (Wildman–Crippen MR) is 232 cm³/mol. The molecule has 0 aliphatic rings. The van der Waals surface area contributed by atoms with E-state index >= 15 is 0 Å². The molecule has 0 saturated carbocycles. The molecule has 1 aromatic heterocycles. The highest BCUT2D eigenvalue weighted by Crippen LogP contribution is 2.20. The Balaban J connectivity index is 2.53. The number of carbonyl (C=O) groups is 10. The normalized spacial score (nSPS) is 14.6. The lowest BCUT2D eigenvalue weighted by atomic mass is 9.99. The topological polar surface area (TPSA) is 436 Å². The number of carboxylic acid groups (broad SMARTS) is 3. The second-order valence-corrected chi connectivity index (χ2v) is 15.3. The van der Waals surface area contributed by atoms with Gasteiger partial charge in [-0.05, 0) is 50.2 Å². The molecule has 1 aromatic carbocycles. The van der Waals surface area contributed by atoms with Crippen LogP contribution in [0.5, 0.6) is 0 Å².